The van der Waals surface area contributed by atoms with Gasteiger partial charge < -0.3 is 9.80 Å². The Morgan fingerprint density at radius 2 is 1.42 bits per heavy atom. The van der Waals surface area contributed by atoms with E-state index in [1.165, 1.54) is 11.3 Å². The molecule has 2 aromatic carbocycles. The molecule has 1 aliphatic heterocycles. The van der Waals surface area contributed by atoms with Crippen LogP contribution in [0.15, 0.2) is 66.9 Å². The maximum atomic E-state index is 4.51. The van der Waals surface area contributed by atoms with Crippen LogP contribution in [-0.4, -0.2) is 47.9 Å². The Kier molecular flexibility index (Phi) is 4.05. The average molecular weight is 318 g/mol. The first-order valence-corrected chi connectivity index (χ1v) is 8.45. The van der Waals surface area contributed by atoms with E-state index in [2.05, 4.69) is 76.5 Å². The Morgan fingerprint density at radius 1 is 0.750 bits per heavy atom. The fourth-order valence-corrected chi connectivity index (χ4v) is 3.21. The van der Waals surface area contributed by atoms with Gasteiger partial charge in [0.25, 0.3) is 0 Å². The van der Waals surface area contributed by atoms with Crippen molar-refractivity contribution in [2.45, 2.75) is 0 Å². The molecule has 0 aliphatic carbocycles. The molecule has 4 heteroatoms. The molecule has 0 radical (unpaired) electrons. The highest BCUT2D eigenvalue weighted by molar-refractivity contribution is 5.62. The van der Waals surface area contributed by atoms with Crippen LogP contribution in [0.2, 0.25) is 0 Å². The van der Waals surface area contributed by atoms with Crippen molar-refractivity contribution in [1.29, 1.82) is 0 Å². The molecular weight excluding hydrogens is 296 g/mol. The predicted octanol–water partition coefficient (Wildman–Crippen LogP) is 3.29. The zero-order chi connectivity index (χ0) is 16.4. The predicted molar refractivity (Wildman–Crippen MR) is 98.7 cm³/mol. The largest absolute Gasteiger partial charge is 0.369 e. The van der Waals surface area contributed by atoms with Crippen LogP contribution in [0, 0.1) is 0 Å². The zero-order valence-electron chi connectivity index (χ0n) is 14.0. The normalized spacial score (nSPS) is 15.6. The summed E-state index contributed by atoms with van der Waals surface area (Å²) in [5.41, 5.74) is 4.68. The summed E-state index contributed by atoms with van der Waals surface area (Å²) in [5.74, 6) is 0. The van der Waals surface area contributed by atoms with Crippen LogP contribution in [0.3, 0.4) is 0 Å². The first-order chi connectivity index (χ1) is 11.8. The molecule has 4 rings (SSSR count). The van der Waals surface area contributed by atoms with E-state index in [9.17, 15) is 0 Å². The fraction of sp³-hybridized carbons (Fsp3) is 0.250. The quantitative estimate of drug-likeness (QED) is 0.740. The van der Waals surface area contributed by atoms with Gasteiger partial charge in [0, 0.05) is 37.4 Å². The minimum Gasteiger partial charge on any atom is -0.369 e. The van der Waals surface area contributed by atoms with Crippen LogP contribution >= 0.6 is 0 Å². The summed E-state index contributed by atoms with van der Waals surface area (Å²) < 4.78 is 2.00. The number of anilines is 1. The lowest BCUT2D eigenvalue weighted by Crippen LogP contribution is -2.44. The standard InChI is InChI=1S/C20H22N4/c1-22-13-15-23(16-14-22)18-7-9-19(10-8-18)24-20(11-12-21-24)17-5-3-2-4-6-17/h2-12H,13-16H2,1H3. The third-order valence-corrected chi connectivity index (χ3v) is 4.67. The van der Waals surface area contributed by atoms with Gasteiger partial charge in [0.05, 0.1) is 17.6 Å². The van der Waals surface area contributed by atoms with Gasteiger partial charge in [-0.25, -0.2) is 4.68 Å². The van der Waals surface area contributed by atoms with Crippen LogP contribution in [0.4, 0.5) is 5.69 Å². The highest BCUT2D eigenvalue weighted by atomic mass is 15.3. The average Bonchev–Trinajstić information content (AvgIpc) is 3.13. The lowest BCUT2D eigenvalue weighted by molar-refractivity contribution is 0.313. The molecule has 0 atom stereocenters. The van der Waals surface area contributed by atoms with Crippen molar-refractivity contribution in [1.82, 2.24) is 14.7 Å². The number of hydrogen-bond acceptors (Lipinski definition) is 3. The van der Waals surface area contributed by atoms with Gasteiger partial charge in [0.2, 0.25) is 0 Å². The molecule has 0 amide bonds. The van der Waals surface area contributed by atoms with E-state index in [4.69, 9.17) is 0 Å². The molecule has 0 spiro atoms. The molecule has 4 nitrogen and oxygen atoms in total. The van der Waals surface area contributed by atoms with Crippen molar-refractivity contribution in [3.05, 3.63) is 66.9 Å². The van der Waals surface area contributed by atoms with Gasteiger partial charge in [-0.15, -0.1) is 0 Å². The SMILES string of the molecule is CN1CCN(c2ccc(-n3nccc3-c3ccccc3)cc2)CC1. The molecule has 0 saturated carbocycles. The second-order valence-corrected chi connectivity index (χ2v) is 6.30. The number of piperazine rings is 1. The first-order valence-electron chi connectivity index (χ1n) is 8.45. The molecule has 2 heterocycles. The van der Waals surface area contributed by atoms with Crippen molar-refractivity contribution < 1.29 is 0 Å². The Balaban J connectivity index is 1.59. The first kappa shape index (κ1) is 15.0. The molecule has 1 fully saturated rings. The summed E-state index contributed by atoms with van der Waals surface area (Å²) >= 11 is 0. The number of hydrogen-bond donors (Lipinski definition) is 0. The number of benzene rings is 2. The zero-order valence-corrected chi connectivity index (χ0v) is 14.0. The molecule has 122 valence electrons. The smallest absolute Gasteiger partial charge is 0.0740 e. The van der Waals surface area contributed by atoms with Crippen LogP contribution < -0.4 is 4.90 Å². The topological polar surface area (TPSA) is 24.3 Å². The van der Waals surface area contributed by atoms with Gasteiger partial charge in [0.15, 0.2) is 0 Å². The minimum absolute atomic E-state index is 1.09. The van der Waals surface area contributed by atoms with Crippen molar-refractivity contribution in [2.75, 3.05) is 38.1 Å². The molecule has 1 aromatic heterocycles. The maximum Gasteiger partial charge on any atom is 0.0740 e. The highest BCUT2D eigenvalue weighted by Gasteiger charge is 2.14. The molecule has 0 bridgehead atoms. The van der Waals surface area contributed by atoms with E-state index in [-0.39, 0.29) is 0 Å². The Labute approximate surface area is 142 Å². The van der Waals surface area contributed by atoms with Gasteiger partial charge in [-0.2, -0.15) is 5.10 Å². The summed E-state index contributed by atoms with van der Waals surface area (Å²) in [6, 6.07) is 21.2. The molecule has 3 aromatic rings. The Hall–Kier alpha value is -2.59. The Bertz CT molecular complexity index is 784. The van der Waals surface area contributed by atoms with Crippen LogP contribution in [0.5, 0.6) is 0 Å². The molecule has 1 saturated heterocycles. The van der Waals surface area contributed by atoms with Gasteiger partial charge in [0.1, 0.15) is 0 Å². The lowest BCUT2D eigenvalue weighted by atomic mass is 10.1. The summed E-state index contributed by atoms with van der Waals surface area (Å²) in [6.45, 7) is 4.43. The van der Waals surface area contributed by atoms with Crippen molar-refractivity contribution in [3.63, 3.8) is 0 Å². The van der Waals surface area contributed by atoms with Crippen LogP contribution in [-0.2, 0) is 0 Å². The van der Waals surface area contributed by atoms with Crippen molar-refractivity contribution >= 4 is 5.69 Å². The number of likely N-dealkylation sites (N-methyl/N-ethyl adjacent to an activating group) is 1. The summed E-state index contributed by atoms with van der Waals surface area (Å²) in [5, 5.41) is 4.51. The van der Waals surface area contributed by atoms with Crippen LogP contribution in [0.1, 0.15) is 0 Å². The molecule has 1 aliphatic rings. The van der Waals surface area contributed by atoms with Crippen molar-refractivity contribution in [2.24, 2.45) is 0 Å². The lowest BCUT2D eigenvalue weighted by Gasteiger charge is -2.34. The van der Waals surface area contributed by atoms with Gasteiger partial charge in [-0.1, -0.05) is 30.3 Å². The number of nitrogens with zero attached hydrogens (tertiary/aromatic N) is 4. The molecule has 24 heavy (non-hydrogen) atoms. The number of rotatable bonds is 3. The van der Waals surface area contributed by atoms with Crippen molar-refractivity contribution in [3.8, 4) is 16.9 Å². The monoisotopic (exact) mass is 318 g/mol. The number of aromatic nitrogens is 2. The van der Waals surface area contributed by atoms with E-state index < -0.39 is 0 Å². The molecule has 0 unspecified atom stereocenters. The maximum absolute atomic E-state index is 4.51. The van der Waals surface area contributed by atoms with Crippen LogP contribution in [0.25, 0.3) is 16.9 Å². The van der Waals surface area contributed by atoms with E-state index in [1.54, 1.807) is 0 Å². The Morgan fingerprint density at radius 3 is 2.12 bits per heavy atom. The van der Waals surface area contributed by atoms with Gasteiger partial charge in [-0.05, 0) is 37.4 Å². The second kappa shape index (κ2) is 6.49. The summed E-state index contributed by atoms with van der Waals surface area (Å²) in [6.07, 6.45) is 1.86. The summed E-state index contributed by atoms with van der Waals surface area (Å²) in [7, 11) is 2.18. The highest BCUT2D eigenvalue weighted by Crippen LogP contribution is 2.24. The van der Waals surface area contributed by atoms with Gasteiger partial charge in [-0.3, -0.25) is 0 Å². The second-order valence-electron chi connectivity index (χ2n) is 6.30. The minimum atomic E-state index is 1.09. The van der Waals surface area contributed by atoms with Gasteiger partial charge >= 0.3 is 0 Å². The van der Waals surface area contributed by atoms with E-state index >= 15 is 0 Å². The fourth-order valence-electron chi connectivity index (χ4n) is 3.21. The van der Waals surface area contributed by atoms with E-state index in [1.807, 2.05) is 16.9 Å². The van der Waals surface area contributed by atoms with E-state index in [0.717, 1.165) is 37.6 Å². The molecule has 0 N–H and O–H groups in total. The van der Waals surface area contributed by atoms with E-state index in [0.29, 0.717) is 0 Å². The summed E-state index contributed by atoms with van der Waals surface area (Å²) in [4.78, 5) is 4.83. The molecular formula is C20H22N4. The third-order valence-electron chi connectivity index (χ3n) is 4.67. The third kappa shape index (κ3) is 2.93.